The van der Waals surface area contributed by atoms with Crippen LogP contribution in [-0.2, 0) is 0 Å². The second-order valence-electron chi connectivity index (χ2n) is 3.26. The first-order valence-corrected chi connectivity index (χ1v) is 4.33. The van der Waals surface area contributed by atoms with Crippen LogP contribution in [0.5, 0.6) is 0 Å². The molecule has 0 amide bonds. The third-order valence-electron chi connectivity index (χ3n) is 2.00. The number of anilines is 1. The van der Waals surface area contributed by atoms with Crippen LogP contribution in [0.1, 0.15) is 18.4 Å². The molecule has 1 aromatic heterocycles. The van der Waals surface area contributed by atoms with Crippen LogP contribution >= 0.6 is 0 Å². The van der Waals surface area contributed by atoms with Crippen LogP contribution in [0.2, 0.25) is 0 Å². The third-order valence-corrected chi connectivity index (χ3v) is 2.00. The first kappa shape index (κ1) is 8.04. The predicted octanol–water partition coefficient (Wildman–Crippen LogP) is 0.940. The van der Waals surface area contributed by atoms with E-state index in [0.29, 0.717) is 11.6 Å². The average molecular weight is 176 g/mol. The molecule has 1 aromatic rings. The summed E-state index contributed by atoms with van der Waals surface area (Å²) >= 11 is 0. The van der Waals surface area contributed by atoms with E-state index in [1.54, 1.807) is 12.3 Å². The predicted molar refractivity (Wildman–Crippen MR) is 51.9 cm³/mol. The summed E-state index contributed by atoms with van der Waals surface area (Å²) in [6.07, 6.45) is 4.08. The molecule has 0 aromatic carbocycles. The molecule has 0 saturated heterocycles. The van der Waals surface area contributed by atoms with Gasteiger partial charge in [0.25, 0.3) is 0 Å². The van der Waals surface area contributed by atoms with E-state index in [9.17, 15) is 0 Å². The van der Waals surface area contributed by atoms with Crippen LogP contribution in [0.15, 0.2) is 18.3 Å². The van der Waals surface area contributed by atoms with E-state index < -0.39 is 0 Å². The summed E-state index contributed by atoms with van der Waals surface area (Å²) in [5.74, 6) is 0.929. The number of pyridine rings is 1. The molecule has 4 nitrogen and oxygen atoms in total. The van der Waals surface area contributed by atoms with Gasteiger partial charge in [0.2, 0.25) is 0 Å². The van der Waals surface area contributed by atoms with Crippen molar-refractivity contribution in [1.29, 1.82) is 5.41 Å². The zero-order valence-corrected chi connectivity index (χ0v) is 7.25. The van der Waals surface area contributed by atoms with Gasteiger partial charge in [0.05, 0.1) is 0 Å². The van der Waals surface area contributed by atoms with E-state index in [-0.39, 0.29) is 5.84 Å². The summed E-state index contributed by atoms with van der Waals surface area (Å²) in [6.45, 7) is 0. The average Bonchev–Trinajstić information content (AvgIpc) is 2.89. The van der Waals surface area contributed by atoms with Crippen LogP contribution in [-0.4, -0.2) is 16.9 Å². The molecule has 0 bridgehead atoms. The van der Waals surface area contributed by atoms with Crippen molar-refractivity contribution in [3.05, 3.63) is 23.9 Å². The van der Waals surface area contributed by atoms with E-state index in [0.717, 1.165) is 5.82 Å². The molecular formula is C9H12N4. The zero-order valence-electron chi connectivity index (χ0n) is 7.25. The maximum Gasteiger partial charge on any atom is 0.126 e. The summed E-state index contributed by atoms with van der Waals surface area (Å²) in [5.41, 5.74) is 5.97. The molecule has 0 unspecified atom stereocenters. The van der Waals surface area contributed by atoms with Gasteiger partial charge in [0, 0.05) is 17.8 Å². The highest BCUT2D eigenvalue weighted by atomic mass is 15.0. The number of rotatable bonds is 3. The fourth-order valence-corrected chi connectivity index (χ4v) is 1.08. The van der Waals surface area contributed by atoms with Crippen molar-refractivity contribution in [2.75, 3.05) is 5.32 Å². The number of nitrogens with one attached hydrogen (secondary N) is 2. The third kappa shape index (κ3) is 1.96. The monoisotopic (exact) mass is 176 g/mol. The minimum Gasteiger partial charge on any atom is -0.384 e. The maximum atomic E-state index is 7.18. The Morgan fingerprint density at radius 1 is 1.54 bits per heavy atom. The van der Waals surface area contributed by atoms with E-state index in [1.807, 2.05) is 6.07 Å². The van der Waals surface area contributed by atoms with Crippen molar-refractivity contribution < 1.29 is 0 Å². The summed E-state index contributed by atoms with van der Waals surface area (Å²) in [5, 5.41) is 10.4. The molecular weight excluding hydrogens is 164 g/mol. The van der Waals surface area contributed by atoms with Gasteiger partial charge in [0.1, 0.15) is 11.7 Å². The van der Waals surface area contributed by atoms with Gasteiger partial charge in [0.15, 0.2) is 0 Å². The Morgan fingerprint density at radius 3 is 2.77 bits per heavy atom. The van der Waals surface area contributed by atoms with Crippen LogP contribution in [0.25, 0.3) is 0 Å². The summed E-state index contributed by atoms with van der Waals surface area (Å²) in [4.78, 5) is 4.15. The maximum absolute atomic E-state index is 7.18. The SMILES string of the molecule is N=C(N)c1ccc(NC2CC2)nc1. The molecule has 2 rings (SSSR count). The van der Waals surface area contributed by atoms with E-state index in [2.05, 4.69) is 10.3 Å². The van der Waals surface area contributed by atoms with Crippen molar-refractivity contribution in [3.8, 4) is 0 Å². The van der Waals surface area contributed by atoms with Crippen LogP contribution in [0.3, 0.4) is 0 Å². The molecule has 68 valence electrons. The summed E-state index contributed by atoms with van der Waals surface area (Å²) < 4.78 is 0. The Morgan fingerprint density at radius 2 is 2.31 bits per heavy atom. The Kier molecular flexibility index (Phi) is 1.88. The Labute approximate surface area is 76.7 Å². The van der Waals surface area contributed by atoms with E-state index >= 15 is 0 Å². The molecule has 1 aliphatic rings. The molecule has 1 heterocycles. The molecule has 4 heteroatoms. The first-order valence-electron chi connectivity index (χ1n) is 4.33. The Balaban J connectivity index is 2.08. The van der Waals surface area contributed by atoms with Gasteiger partial charge in [-0.3, -0.25) is 5.41 Å². The van der Waals surface area contributed by atoms with Gasteiger partial charge < -0.3 is 11.1 Å². The number of nitrogens with zero attached hydrogens (tertiary/aromatic N) is 1. The topological polar surface area (TPSA) is 74.8 Å². The van der Waals surface area contributed by atoms with Crippen LogP contribution in [0, 0.1) is 5.41 Å². The van der Waals surface area contributed by atoms with Gasteiger partial charge in [-0.2, -0.15) is 0 Å². The number of hydrogen-bond acceptors (Lipinski definition) is 3. The van der Waals surface area contributed by atoms with Gasteiger partial charge in [-0.1, -0.05) is 0 Å². The molecule has 1 saturated carbocycles. The van der Waals surface area contributed by atoms with Gasteiger partial charge in [-0.25, -0.2) is 4.98 Å². The number of nitrogen functional groups attached to an aromatic ring is 1. The Bertz CT molecular complexity index is 313. The minimum absolute atomic E-state index is 0.0606. The second-order valence-corrected chi connectivity index (χ2v) is 3.26. The molecule has 13 heavy (non-hydrogen) atoms. The Hall–Kier alpha value is -1.58. The fourth-order valence-electron chi connectivity index (χ4n) is 1.08. The highest BCUT2D eigenvalue weighted by Gasteiger charge is 2.20. The summed E-state index contributed by atoms with van der Waals surface area (Å²) in [6, 6.07) is 4.27. The van der Waals surface area contributed by atoms with Crippen LogP contribution in [0.4, 0.5) is 5.82 Å². The highest BCUT2D eigenvalue weighted by molar-refractivity contribution is 5.94. The fraction of sp³-hybridized carbons (Fsp3) is 0.333. The van der Waals surface area contributed by atoms with Crippen molar-refractivity contribution >= 4 is 11.7 Å². The van der Waals surface area contributed by atoms with E-state index in [1.165, 1.54) is 12.8 Å². The second kappa shape index (κ2) is 3.05. The standard InChI is InChI=1S/C9H12N4/c10-9(11)6-1-4-8(12-5-6)13-7-2-3-7/h1,4-5,7H,2-3H2,(H3,10,11)(H,12,13). The molecule has 0 spiro atoms. The molecule has 0 radical (unpaired) electrons. The van der Waals surface area contributed by atoms with Gasteiger partial charge in [-0.15, -0.1) is 0 Å². The van der Waals surface area contributed by atoms with Crippen molar-refractivity contribution in [3.63, 3.8) is 0 Å². The molecule has 1 fully saturated rings. The quantitative estimate of drug-likeness (QED) is 0.474. The number of nitrogens with two attached hydrogens (primary N) is 1. The smallest absolute Gasteiger partial charge is 0.126 e. The minimum atomic E-state index is 0.0606. The lowest BCUT2D eigenvalue weighted by atomic mass is 10.2. The largest absolute Gasteiger partial charge is 0.384 e. The van der Waals surface area contributed by atoms with Crippen molar-refractivity contribution in [2.24, 2.45) is 5.73 Å². The highest BCUT2D eigenvalue weighted by Crippen LogP contribution is 2.23. The number of amidine groups is 1. The molecule has 1 aliphatic carbocycles. The number of hydrogen-bond donors (Lipinski definition) is 3. The van der Waals surface area contributed by atoms with Crippen molar-refractivity contribution in [1.82, 2.24) is 4.98 Å². The lowest BCUT2D eigenvalue weighted by molar-refractivity contribution is 1.11. The summed E-state index contributed by atoms with van der Waals surface area (Å²) in [7, 11) is 0. The normalized spacial score (nSPS) is 15.4. The first-order chi connectivity index (χ1) is 6.25. The van der Waals surface area contributed by atoms with Crippen LogP contribution < -0.4 is 11.1 Å². The van der Waals surface area contributed by atoms with Gasteiger partial charge in [-0.05, 0) is 25.0 Å². The molecule has 0 aliphatic heterocycles. The number of aromatic nitrogens is 1. The van der Waals surface area contributed by atoms with Gasteiger partial charge >= 0.3 is 0 Å². The van der Waals surface area contributed by atoms with E-state index in [4.69, 9.17) is 11.1 Å². The van der Waals surface area contributed by atoms with Crippen molar-refractivity contribution in [2.45, 2.75) is 18.9 Å². The molecule has 4 N–H and O–H groups in total. The molecule has 0 atom stereocenters. The lowest BCUT2D eigenvalue weighted by Gasteiger charge is -2.03. The lowest BCUT2D eigenvalue weighted by Crippen LogP contribution is -2.11. The zero-order chi connectivity index (χ0) is 9.26.